The van der Waals surface area contributed by atoms with Crippen LogP contribution in [0.15, 0.2) is 54.5 Å². The van der Waals surface area contributed by atoms with Gasteiger partial charge in [0, 0.05) is 67.3 Å². The maximum Gasteiger partial charge on any atom is 0.312 e. The SMILES string of the molecule is CO[C@H]1C=CO[C@@]2(C)Oc3c(C)c(O)c4c(O)c(c5c(nc6cc(C)ccn65)c4c3C2=O)NC(=O)/C(C)=C\C=C/[C@H](C)[C@H](O)[C@@H](C)C(O)[C@@H](C)[C@H](OC(C)=O)[C@@H]1C. The normalized spacial score (nSPS) is 30.3. The number of pyridine rings is 1. The molecule has 0 fully saturated rings. The van der Waals surface area contributed by atoms with Crippen LogP contribution in [0.2, 0.25) is 0 Å². The molecule has 1 amide bonds. The number of hydrogen-bond acceptors (Lipinski definition) is 12. The van der Waals surface area contributed by atoms with E-state index in [4.69, 9.17) is 23.9 Å². The van der Waals surface area contributed by atoms with Crippen LogP contribution < -0.4 is 10.1 Å². The number of aromatic hydroxyl groups is 2. The highest BCUT2D eigenvalue weighted by Gasteiger charge is 2.50. The third kappa shape index (κ3) is 7.10. The number of benzene rings is 2. The molecule has 0 aliphatic carbocycles. The van der Waals surface area contributed by atoms with Crippen molar-refractivity contribution in [1.29, 1.82) is 0 Å². The van der Waals surface area contributed by atoms with Crippen LogP contribution in [0.1, 0.15) is 70.0 Å². The molecule has 2 aliphatic rings. The highest BCUT2D eigenvalue weighted by Crippen LogP contribution is 2.54. The number of carbonyl (C=O) groups is 3. The molecule has 4 bridgehead atoms. The van der Waals surface area contributed by atoms with Crippen molar-refractivity contribution in [2.75, 3.05) is 12.4 Å². The first-order valence-electron chi connectivity index (χ1n) is 19.0. The summed E-state index contributed by atoms with van der Waals surface area (Å²) < 4.78 is 25.5. The molecule has 0 radical (unpaired) electrons. The van der Waals surface area contributed by atoms with E-state index in [0.29, 0.717) is 5.65 Å². The van der Waals surface area contributed by atoms with Gasteiger partial charge in [-0.3, -0.25) is 18.8 Å². The topological polar surface area (TPSA) is 198 Å². The second-order valence-electron chi connectivity index (χ2n) is 15.6. The van der Waals surface area contributed by atoms with Crippen LogP contribution >= 0.6 is 0 Å². The molecule has 9 atom stereocenters. The number of phenolic OH excluding ortho intramolecular Hbond substituents is 2. The number of ether oxygens (including phenoxy) is 4. The van der Waals surface area contributed by atoms with E-state index in [1.807, 2.05) is 19.1 Å². The second kappa shape index (κ2) is 15.5. The van der Waals surface area contributed by atoms with Gasteiger partial charge >= 0.3 is 11.8 Å². The number of hydrogen-bond donors (Lipinski definition) is 5. The lowest BCUT2D eigenvalue weighted by Gasteiger charge is -2.38. The number of fused-ring (bicyclic) bond motifs is 2. The third-order valence-corrected chi connectivity index (χ3v) is 11.5. The fraction of sp³-hybridized carbons (Fsp3) is 0.442. The van der Waals surface area contributed by atoms with Gasteiger partial charge in [-0.25, -0.2) is 4.98 Å². The smallest absolute Gasteiger partial charge is 0.312 e. The van der Waals surface area contributed by atoms with E-state index in [1.54, 1.807) is 63.4 Å². The maximum absolute atomic E-state index is 14.6. The minimum atomic E-state index is -1.96. The molecule has 6 rings (SSSR count). The molecule has 304 valence electrons. The molecule has 57 heavy (non-hydrogen) atoms. The number of rotatable bonds is 2. The Labute approximate surface area is 330 Å². The van der Waals surface area contributed by atoms with Gasteiger partial charge in [-0.2, -0.15) is 0 Å². The summed E-state index contributed by atoms with van der Waals surface area (Å²) in [6.45, 7) is 14.7. The zero-order chi connectivity index (χ0) is 41.8. The number of phenols is 2. The average molecular weight is 786 g/mol. The summed E-state index contributed by atoms with van der Waals surface area (Å²) in [5, 5.41) is 49.4. The molecule has 2 aromatic heterocycles. The zero-order valence-corrected chi connectivity index (χ0v) is 33.8. The number of carbonyl (C=O) groups excluding carboxylic acids is 3. The van der Waals surface area contributed by atoms with Crippen molar-refractivity contribution in [3.05, 3.63) is 71.2 Å². The Bertz CT molecular complexity index is 2380. The van der Waals surface area contributed by atoms with Gasteiger partial charge in [-0.15, -0.1) is 0 Å². The number of nitrogens with zero attached hydrogens (tertiary/aromatic N) is 2. The van der Waals surface area contributed by atoms with Crippen LogP contribution in [0.25, 0.3) is 27.5 Å². The molecule has 1 unspecified atom stereocenters. The highest BCUT2D eigenvalue weighted by atomic mass is 16.7. The summed E-state index contributed by atoms with van der Waals surface area (Å²) in [6.07, 6.45) is 5.62. The number of esters is 1. The Morgan fingerprint density at radius 2 is 1.68 bits per heavy atom. The highest BCUT2D eigenvalue weighted by molar-refractivity contribution is 6.28. The molecule has 5 N–H and O–H groups in total. The largest absolute Gasteiger partial charge is 0.507 e. The minimum absolute atomic E-state index is 0.0185. The Hall–Kier alpha value is -5.44. The summed E-state index contributed by atoms with van der Waals surface area (Å²) >= 11 is 0. The second-order valence-corrected chi connectivity index (χ2v) is 15.6. The number of aliphatic hydroxyl groups excluding tert-OH is 2. The van der Waals surface area contributed by atoms with Crippen molar-refractivity contribution in [3.8, 4) is 17.2 Å². The van der Waals surface area contributed by atoms with Crippen LogP contribution in [0.5, 0.6) is 17.2 Å². The lowest BCUT2D eigenvalue weighted by molar-refractivity contribution is -0.160. The molecule has 4 heterocycles. The molecule has 0 saturated heterocycles. The van der Waals surface area contributed by atoms with E-state index in [2.05, 4.69) is 5.32 Å². The number of methoxy groups -OCH3 is 1. The van der Waals surface area contributed by atoms with Gasteiger partial charge in [0.05, 0.1) is 35.5 Å². The van der Waals surface area contributed by atoms with E-state index in [0.717, 1.165) is 5.56 Å². The van der Waals surface area contributed by atoms with Crippen molar-refractivity contribution in [2.24, 2.45) is 23.7 Å². The number of allylic oxidation sites excluding steroid dienone is 2. The van der Waals surface area contributed by atoms with E-state index < -0.39 is 77.3 Å². The summed E-state index contributed by atoms with van der Waals surface area (Å²) in [5.41, 5.74) is 2.18. The molecule has 14 heteroatoms. The number of nitrogens with one attached hydrogen (secondary N) is 1. The van der Waals surface area contributed by atoms with Crippen LogP contribution in [0, 0.1) is 37.5 Å². The van der Waals surface area contributed by atoms with Gasteiger partial charge in [0.2, 0.25) is 0 Å². The number of aliphatic hydroxyl groups is 2. The number of aryl methyl sites for hydroxylation is 1. The number of imidazole rings is 1. The first-order chi connectivity index (χ1) is 26.8. The Balaban J connectivity index is 1.58. The fourth-order valence-corrected chi connectivity index (χ4v) is 8.03. The van der Waals surface area contributed by atoms with Crippen molar-refractivity contribution in [3.63, 3.8) is 0 Å². The van der Waals surface area contributed by atoms with Gasteiger partial charge in [-0.05, 0) is 44.5 Å². The van der Waals surface area contributed by atoms with Crippen molar-refractivity contribution < 1.29 is 53.8 Å². The van der Waals surface area contributed by atoms with Gasteiger partial charge in [0.15, 0.2) is 5.75 Å². The summed E-state index contributed by atoms with van der Waals surface area (Å²) in [4.78, 5) is 45.6. The predicted octanol–water partition coefficient (Wildman–Crippen LogP) is 6.16. The average Bonchev–Trinajstić information content (AvgIpc) is 3.67. The summed E-state index contributed by atoms with van der Waals surface area (Å²) in [5.74, 6) is -6.96. The van der Waals surface area contributed by atoms with E-state index in [1.165, 1.54) is 40.2 Å². The van der Waals surface area contributed by atoms with Gasteiger partial charge in [-0.1, -0.05) is 45.9 Å². The standard InChI is InChI=1S/C43H51N3O11/c1-19-14-16-46-28(18-19)44-32-29-30-37(50)25(7)40-31(29)41(52)43(9,57-40)55-17-15-27(54-10)22(4)39(56-26(8)47)24(6)36(49)23(5)35(48)20(2)12-11-13-21(3)42(53)45-33(34(32)46)38(30)51/h11-18,20,22-24,27,35-36,39,48-51H,1-10H3,(H,45,53)/b12-11-,17-15?,21-13-/t20-,22+,23+,24+,27-,35-,36?,39+,43-/m0/s1. The van der Waals surface area contributed by atoms with Gasteiger partial charge < -0.3 is 44.7 Å². The summed E-state index contributed by atoms with van der Waals surface area (Å²) in [6, 6.07) is 3.64. The molecule has 14 nitrogen and oxygen atoms in total. The molecule has 2 aromatic carbocycles. The Kier molecular flexibility index (Phi) is 11.2. The molecular weight excluding hydrogens is 734 g/mol. The molecule has 0 saturated carbocycles. The molecular formula is C43H51N3O11. The van der Waals surface area contributed by atoms with Crippen LogP contribution in [-0.4, -0.2) is 84.8 Å². The minimum Gasteiger partial charge on any atom is -0.507 e. The maximum atomic E-state index is 14.6. The van der Waals surface area contributed by atoms with Crippen molar-refractivity contribution in [2.45, 2.75) is 92.5 Å². The molecule has 0 spiro atoms. The van der Waals surface area contributed by atoms with Gasteiger partial charge in [0.1, 0.15) is 40.0 Å². The lowest BCUT2D eigenvalue weighted by atomic mass is 9.78. The first-order valence-corrected chi connectivity index (χ1v) is 19.0. The zero-order valence-electron chi connectivity index (χ0n) is 33.8. The van der Waals surface area contributed by atoms with E-state index >= 15 is 0 Å². The lowest BCUT2D eigenvalue weighted by Crippen LogP contribution is -2.46. The Morgan fingerprint density at radius 1 is 0.982 bits per heavy atom. The number of anilines is 1. The fourth-order valence-electron chi connectivity index (χ4n) is 8.03. The summed E-state index contributed by atoms with van der Waals surface area (Å²) in [7, 11) is 1.46. The number of amides is 1. The van der Waals surface area contributed by atoms with Crippen LogP contribution in [-0.2, 0) is 23.8 Å². The quantitative estimate of drug-likeness (QED) is 0.115. The van der Waals surface area contributed by atoms with Crippen LogP contribution in [0.4, 0.5) is 5.69 Å². The van der Waals surface area contributed by atoms with E-state index in [-0.39, 0.29) is 55.7 Å². The predicted molar refractivity (Wildman–Crippen MR) is 213 cm³/mol. The van der Waals surface area contributed by atoms with Crippen LogP contribution in [0.3, 0.4) is 0 Å². The van der Waals surface area contributed by atoms with E-state index in [9.17, 15) is 34.8 Å². The monoisotopic (exact) mass is 785 g/mol. The van der Waals surface area contributed by atoms with Crippen molar-refractivity contribution in [1.82, 2.24) is 9.38 Å². The van der Waals surface area contributed by atoms with Crippen molar-refractivity contribution >= 4 is 50.8 Å². The number of ketones is 1. The number of Topliss-reactive ketones (excluding diaryl/α,β-unsaturated/α-hetero) is 1. The Morgan fingerprint density at radius 3 is 2.35 bits per heavy atom. The number of aromatic nitrogens is 2. The van der Waals surface area contributed by atoms with Gasteiger partial charge in [0.25, 0.3) is 11.7 Å². The third-order valence-electron chi connectivity index (χ3n) is 11.5. The first kappa shape index (κ1) is 41.2. The molecule has 2 aliphatic heterocycles. The molecule has 4 aromatic rings.